The first-order valence-corrected chi connectivity index (χ1v) is 9.46. The molecule has 0 bridgehead atoms. The molecule has 3 rings (SSSR count). The molecule has 3 nitrogen and oxygen atoms in total. The van der Waals surface area contributed by atoms with E-state index >= 15 is 0 Å². The predicted octanol–water partition coefficient (Wildman–Crippen LogP) is 4.62. The number of aryl methyl sites for hydroxylation is 1. The van der Waals surface area contributed by atoms with Crippen molar-refractivity contribution in [1.29, 1.82) is 5.26 Å². The molecule has 1 aliphatic rings. The topological polar surface area (TPSA) is 52.9 Å². The molecule has 118 valence electrons. The number of fused-ring (bicyclic) bond motifs is 1. The molecule has 1 amide bonds. The van der Waals surface area contributed by atoms with E-state index in [1.54, 1.807) is 11.3 Å². The van der Waals surface area contributed by atoms with Crippen molar-refractivity contribution in [2.24, 2.45) is 0 Å². The molecule has 0 aliphatic heterocycles. The second-order valence-corrected chi connectivity index (χ2v) is 8.11. The van der Waals surface area contributed by atoms with Gasteiger partial charge in [0, 0.05) is 9.77 Å². The van der Waals surface area contributed by atoms with E-state index in [0.29, 0.717) is 5.56 Å². The Balaban J connectivity index is 1.73. The van der Waals surface area contributed by atoms with Gasteiger partial charge in [0.25, 0.3) is 0 Å². The van der Waals surface area contributed by atoms with Gasteiger partial charge in [-0.1, -0.05) is 18.2 Å². The van der Waals surface area contributed by atoms with Crippen LogP contribution in [0.25, 0.3) is 0 Å². The number of hydrogen-bond donors (Lipinski definition) is 1. The van der Waals surface area contributed by atoms with Gasteiger partial charge in [0.2, 0.25) is 5.91 Å². The minimum Gasteiger partial charge on any atom is -0.316 e. The number of rotatable bonds is 4. The van der Waals surface area contributed by atoms with Crippen LogP contribution in [0, 0.1) is 11.3 Å². The summed E-state index contributed by atoms with van der Waals surface area (Å²) in [5.74, 6) is -0.0473. The van der Waals surface area contributed by atoms with Crippen LogP contribution in [0.15, 0.2) is 35.2 Å². The van der Waals surface area contributed by atoms with E-state index in [0.717, 1.165) is 34.7 Å². The number of anilines is 1. The minimum atomic E-state index is -0.205. The molecular weight excluding hydrogens is 324 g/mol. The monoisotopic (exact) mass is 342 g/mol. The average Bonchev–Trinajstić information content (AvgIpc) is 2.92. The molecule has 0 saturated carbocycles. The maximum Gasteiger partial charge on any atom is 0.238 e. The van der Waals surface area contributed by atoms with Crippen molar-refractivity contribution in [3.8, 4) is 6.07 Å². The summed E-state index contributed by atoms with van der Waals surface area (Å²) in [6, 6.07) is 12.2. The second-order valence-electron chi connectivity index (χ2n) is 5.59. The van der Waals surface area contributed by atoms with Gasteiger partial charge in [-0.3, -0.25) is 4.79 Å². The molecule has 1 aromatic carbocycles. The van der Waals surface area contributed by atoms with Gasteiger partial charge in [0.15, 0.2) is 0 Å². The highest BCUT2D eigenvalue weighted by atomic mass is 32.2. The smallest absolute Gasteiger partial charge is 0.238 e. The molecule has 5 heteroatoms. The first-order valence-electron chi connectivity index (χ1n) is 7.76. The zero-order valence-corrected chi connectivity index (χ0v) is 14.6. The Hall–Kier alpha value is -1.77. The zero-order chi connectivity index (χ0) is 16.2. The largest absolute Gasteiger partial charge is 0.316 e. The molecule has 1 N–H and O–H groups in total. The summed E-state index contributed by atoms with van der Waals surface area (Å²) < 4.78 is 0. The first kappa shape index (κ1) is 16.1. The van der Waals surface area contributed by atoms with Crippen LogP contribution >= 0.6 is 23.1 Å². The van der Waals surface area contributed by atoms with Crippen molar-refractivity contribution in [3.05, 3.63) is 46.3 Å². The molecule has 0 spiro atoms. The fourth-order valence-electron chi connectivity index (χ4n) is 2.74. The fourth-order valence-corrected chi connectivity index (χ4v) is 4.87. The number of nitriles is 1. The van der Waals surface area contributed by atoms with Crippen molar-refractivity contribution in [2.45, 2.75) is 42.8 Å². The molecule has 1 unspecified atom stereocenters. The van der Waals surface area contributed by atoms with Gasteiger partial charge in [-0.05, 0) is 50.3 Å². The lowest BCUT2D eigenvalue weighted by atomic mass is 9.96. The zero-order valence-electron chi connectivity index (χ0n) is 13.0. The number of nitrogens with zero attached hydrogens (tertiary/aromatic N) is 1. The second kappa shape index (κ2) is 7.20. The predicted molar refractivity (Wildman–Crippen MR) is 96.1 cm³/mol. The fraction of sp³-hybridized carbons (Fsp3) is 0.333. The third-order valence-electron chi connectivity index (χ3n) is 3.95. The van der Waals surface area contributed by atoms with E-state index < -0.39 is 0 Å². The summed E-state index contributed by atoms with van der Waals surface area (Å²) in [6.07, 6.45) is 4.29. The summed E-state index contributed by atoms with van der Waals surface area (Å²) in [5, 5.41) is 12.9. The number of carbonyl (C=O) groups excluding carboxylic acids is 1. The number of carbonyl (C=O) groups is 1. The lowest BCUT2D eigenvalue weighted by molar-refractivity contribution is -0.115. The van der Waals surface area contributed by atoms with Gasteiger partial charge < -0.3 is 5.32 Å². The van der Waals surface area contributed by atoms with Crippen LogP contribution in [0.1, 0.15) is 35.8 Å². The summed E-state index contributed by atoms with van der Waals surface area (Å²) in [5.41, 5.74) is 1.83. The SMILES string of the molecule is CC(Sc1ccccc1)C(=O)Nc1sc2c(c1C#N)CCCC2. The third-order valence-corrected chi connectivity index (χ3v) is 6.26. The van der Waals surface area contributed by atoms with Crippen molar-refractivity contribution in [3.63, 3.8) is 0 Å². The standard InChI is InChI=1S/C18H18N2OS2/c1-12(22-13-7-3-2-4-8-13)17(21)20-18-15(11-19)14-9-5-6-10-16(14)23-18/h2-4,7-8,12H,5-6,9-10H2,1H3,(H,20,21). The minimum absolute atomic E-state index is 0.0473. The molecule has 0 saturated heterocycles. The Kier molecular flexibility index (Phi) is 5.04. The van der Waals surface area contributed by atoms with Gasteiger partial charge in [-0.15, -0.1) is 23.1 Å². The maximum absolute atomic E-state index is 12.5. The Morgan fingerprint density at radius 2 is 2.04 bits per heavy atom. The van der Waals surface area contributed by atoms with Crippen molar-refractivity contribution in [2.75, 3.05) is 5.32 Å². The van der Waals surface area contributed by atoms with E-state index in [4.69, 9.17) is 0 Å². The Morgan fingerprint density at radius 1 is 1.30 bits per heavy atom. The van der Waals surface area contributed by atoms with Crippen LogP contribution in [-0.2, 0) is 17.6 Å². The van der Waals surface area contributed by atoms with Crippen LogP contribution in [0.5, 0.6) is 0 Å². The van der Waals surface area contributed by atoms with Gasteiger partial charge in [0.05, 0.1) is 10.8 Å². The summed E-state index contributed by atoms with van der Waals surface area (Å²) >= 11 is 3.10. The quantitative estimate of drug-likeness (QED) is 0.825. The lowest BCUT2D eigenvalue weighted by Crippen LogP contribution is -2.22. The highest BCUT2D eigenvalue weighted by molar-refractivity contribution is 8.00. The molecule has 23 heavy (non-hydrogen) atoms. The first-order chi connectivity index (χ1) is 11.2. The lowest BCUT2D eigenvalue weighted by Gasteiger charge is -2.11. The van der Waals surface area contributed by atoms with Crippen LogP contribution in [0.3, 0.4) is 0 Å². The number of thioether (sulfide) groups is 1. The highest BCUT2D eigenvalue weighted by Crippen LogP contribution is 2.38. The number of benzene rings is 1. The van der Waals surface area contributed by atoms with E-state index in [1.807, 2.05) is 37.3 Å². The highest BCUT2D eigenvalue weighted by Gasteiger charge is 2.23. The van der Waals surface area contributed by atoms with Gasteiger partial charge in [-0.2, -0.15) is 5.26 Å². The molecule has 1 heterocycles. The summed E-state index contributed by atoms with van der Waals surface area (Å²) in [7, 11) is 0. The van der Waals surface area contributed by atoms with Crippen LogP contribution in [0.4, 0.5) is 5.00 Å². The molecule has 0 radical (unpaired) electrons. The van der Waals surface area contributed by atoms with Gasteiger partial charge >= 0.3 is 0 Å². The normalized spacial score (nSPS) is 14.6. The summed E-state index contributed by atoms with van der Waals surface area (Å²) in [4.78, 5) is 14.8. The number of amides is 1. The Labute approximate surface area is 144 Å². The molecule has 1 aromatic heterocycles. The average molecular weight is 342 g/mol. The molecule has 2 aromatic rings. The third kappa shape index (κ3) is 3.60. The van der Waals surface area contributed by atoms with Gasteiger partial charge in [-0.25, -0.2) is 0 Å². The molecule has 0 fully saturated rings. The molecular formula is C18H18N2OS2. The van der Waals surface area contributed by atoms with E-state index in [9.17, 15) is 10.1 Å². The molecule has 1 aliphatic carbocycles. The number of hydrogen-bond acceptors (Lipinski definition) is 4. The van der Waals surface area contributed by atoms with Gasteiger partial charge in [0.1, 0.15) is 11.1 Å². The van der Waals surface area contributed by atoms with Crippen molar-refractivity contribution >= 4 is 34.0 Å². The molecule has 1 atom stereocenters. The maximum atomic E-state index is 12.5. The summed E-state index contributed by atoms with van der Waals surface area (Å²) in [6.45, 7) is 1.90. The van der Waals surface area contributed by atoms with Crippen LogP contribution in [0.2, 0.25) is 0 Å². The van der Waals surface area contributed by atoms with E-state index in [2.05, 4.69) is 11.4 Å². The Bertz CT molecular complexity index is 746. The number of nitrogens with one attached hydrogen (secondary N) is 1. The Morgan fingerprint density at radius 3 is 2.78 bits per heavy atom. The van der Waals surface area contributed by atoms with Crippen molar-refractivity contribution < 1.29 is 4.79 Å². The van der Waals surface area contributed by atoms with Crippen molar-refractivity contribution in [1.82, 2.24) is 0 Å². The van der Waals surface area contributed by atoms with Crippen LogP contribution < -0.4 is 5.32 Å². The van der Waals surface area contributed by atoms with Crippen LogP contribution in [-0.4, -0.2) is 11.2 Å². The van der Waals surface area contributed by atoms with E-state index in [-0.39, 0.29) is 11.2 Å². The number of thiophene rings is 1. The van der Waals surface area contributed by atoms with E-state index in [1.165, 1.54) is 23.1 Å².